The molecule has 1 heterocycles. The van der Waals surface area contributed by atoms with Crippen LogP contribution in [0.15, 0.2) is 18.2 Å². The number of likely N-dealkylation sites (tertiary alicyclic amines) is 1. The molecular weight excluding hydrogens is 370 g/mol. The molecule has 0 unspecified atom stereocenters. The Balaban J connectivity index is 1.42. The van der Waals surface area contributed by atoms with Gasteiger partial charge >= 0.3 is 6.03 Å². The third-order valence-corrected chi connectivity index (χ3v) is 5.89. The lowest BCUT2D eigenvalue weighted by Crippen LogP contribution is -2.51. The average Bonchev–Trinajstić information content (AvgIpc) is 2.74. The second-order valence-corrected chi connectivity index (χ2v) is 7.98. The van der Waals surface area contributed by atoms with Gasteiger partial charge in [0.05, 0.1) is 20.6 Å². The van der Waals surface area contributed by atoms with Crippen molar-refractivity contribution in [3.8, 4) is 11.5 Å². The quantitative estimate of drug-likeness (QED) is 0.765. The van der Waals surface area contributed by atoms with E-state index in [1.165, 1.54) is 19.3 Å². The maximum absolute atomic E-state index is 12.5. The summed E-state index contributed by atoms with van der Waals surface area (Å²) < 4.78 is 10.5. The molecule has 1 aliphatic heterocycles. The summed E-state index contributed by atoms with van der Waals surface area (Å²) in [4.78, 5) is 26.8. The number of benzene rings is 1. The molecule has 1 saturated heterocycles. The molecule has 0 radical (unpaired) electrons. The van der Waals surface area contributed by atoms with Crippen LogP contribution in [-0.4, -0.2) is 56.2 Å². The van der Waals surface area contributed by atoms with Gasteiger partial charge in [-0.2, -0.15) is 0 Å². The van der Waals surface area contributed by atoms with E-state index in [4.69, 9.17) is 9.47 Å². The number of ether oxygens (including phenoxy) is 2. The zero-order valence-corrected chi connectivity index (χ0v) is 17.5. The van der Waals surface area contributed by atoms with Crippen molar-refractivity contribution in [3.63, 3.8) is 0 Å². The van der Waals surface area contributed by atoms with Crippen molar-refractivity contribution in [1.29, 1.82) is 0 Å². The first-order chi connectivity index (χ1) is 14.1. The minimum atomic E-state index is -0.0117. The highest BCUT2D eigenvalue weighted by Crippen LogP contribution is 2.27. The monoisotopic (exact) mass is 403 g/mol. The Morgan fingerprint density at radius 3 is 2.24 bits per heavy atom. The Morgan fingerprint density at radius 2 is 1.59 bits per heavy atom. The number of nitrogens with zero attached hydrogens (tertiary/aromatic N) is 1. The fourth-order valence-electron chi connectivity index (χ4n) is 4.19. The summed E-state index contributed by atoms with van der Waals surface area (Å²) >= 11 is 0. The number of methoxy groups -OCH3 is 2. The lowest BCUT2D eigenvalue weighted by Gasteiger charge is -2.34. The minimum Gasteiger partial charge on any atom is -0.493 e. The molecule has 1 aliphatic carbocycles. The van der Waals surface area contributed by atoms with E-state index in [-0.39, 0.29) is 18.0 Å². The Hall–Kier alpha value is -2.44. The number of nitrogens with one attached hydrogen (secondary N) is 2. The standard InChI is InChI=1S/C22H33N3O4/c1-28-19-9-8-16(14-20(19)29-2)15-21(26)23-18-10-12-25(13-11-18)22(27)24-17-6-4-3-5-7-17/h8-9,14,17-18H,3-7,10-13,15H2,1-2H3,(H,23,26)(H,24,27). The molecule has 7 heteroatoms. The van der Waals surface area contributed by atoms with E-state index in [1.807, 2.05) is 23.1 Å². The Kier molecular flexibility index (Phi) is 7.61. The normalized spacial score (nSPS) is 18.2. The highest BCUT2D eigenvalue weighted by Gasteiger charge is 2.25. The lowest BCUT2D eigenvalue weighted by atomic mass is 9.95. The van der Waals surface area contributed by atoms with Crippen LogP contribution in [0.25, 0.3) is 0 Å². The number of hydrogen-bond acceptors (Lipinski definition) is 4. The summed E-state index contributed by atoms with van der Waals surface area (Å²) in [7, 11) is 3.17. The maximum atomic E-state index is 12.5. The SMILES string of the molecule is COc1ccc(CC(=O)NC2CCN(C(=O)NC3CCCCC3)CC2)cc1OC. The van der Waals surface area contributed by atoms with E-state index < -0.39 is 0 Å². The fraction of sp³-hybridized carbons (Fsp3) is 0.636. The molecule has 7 nitrogen and oxygen atoms in total. The van der Waals surface area contributed by atoms with E-state index in [9.17, 15) is 9.59 Å². The van der Waals surface area contributed by atoms with Crippen LogP contribution in [0.1, 0.15) is 50.5 Å². The zero-order valence-electron chi connectivity index (χ0n) is 17.5. The molecule has 0 aromatic heterocycles. The lowest BCUT2D eigenvalue weighted by molar-refractivity contribution is -0.121. The van der Waals surface area contributed by atoms with Gasteiger partial charge in [0, 0.05) is 25.2 Å². The van der Waals surface area contributed by atoms with Gasteiger partial charge in [-0.15, -0.1) is 0 Å². The second-order valence-electron chi connectivity index (χ2n) is 7.98. The van der Waals surface area contributed by atoms with Crippen LogP contribution in [0.3, 0.4) is 0 Å². The third-order valence-electron chi connectivity index (χ3n) is 5.89. The van der Waals surface area contributed by atoms with Gasteiger partial charge in [0.15, 0.2) is 11.5 Å². The number of urea groups is 1. The third kappa shape index (κ3) is 6.02. The first-order valence-electron chi connectivity index (χ1n) is 10.6. The summed E-state index contributed by atoms with van der Waals surface area (Å²) in [5.41, 5.74) is 0.879. The molecular formula is C22H33N3O4. The van der Waals surface area contributed by atoms with Crippen molar-refractivity contribution < 1.29 is 19.1 Å². The summed E-state index contributed by atoms with van der Waals surface area (Å²) in [5, 5.41) is 6.28. The van der Waals surface area contributed by atoms with Crippen LogP contribution in [0, 0.1) is 0 Å². The van der Waals surface area contributed by atoms with Crippen molar-refractivity contribution in [2.75, 3.05) is 27.3 Å². The molecule has 160 valence electrons. The molecule has 2 aliphatic rings. The maximum Gasteiger partial charge on any atom is 0.317 e. The largest absolute Gasteiger partial charge is 0.493 e. The summed E-state index contributed by atoms with van der Waals surface area (Å²) in [6.07, 6.45) is 7.75. The molecule has 2 fully saturated rings. The molecule has 1 aromatic rings. The molecule has 3 rings (SSSR count). The van der Waals surface area contributed by atoms with Crippen molar-refractivity contribution >= 4 is 11.9 Å². The number of carbonyl (C=O) groups excluding carboxylic acids is 2. The molecule has 2 N–H and O–H groups in total. The predicted molar refractivity (Wildman–Crippen MR) is 111 cm³/mol. The zero-order chi connectivity index (χ0) is 20.6. The highest BCUT2D eigenvalue weighted by atomic mass is 16.5. The van der Waals surface area contributed by atoms with Crippen LogP contribution in [0.5, 0.6) is 11.5 Å². The van der Waals surface area contributed by atoms with Gasteiger partial charge in [0.2, 0.25) is 5.91 Å². The molecule has 29 heavy (non-hydrogen) atoms. The van der Waals surface area contributed by atoms with Gasteiger partial charge in [-0.05, 0) is 43.4 Å². The topological polar surface area (TPSA) is 79.9 Å². The minimum absolute atomic E-state index is 0.0117. The van der Waals surface area contributed by atoms with Gasteiger partial charge < -0.3 is 25.0 Å². The van der Waals surface area contributed by atoms with Gasteiger partial charge in [-0.1, -0.05) is 25.3 Å². The second kappa shape index (κ2) is 10.4. The van der Waals surface area contributed by atoms with Crippen LogP contribution in [0.4, 0.5) is 4.79 Å². The van der Waals surface area contributed by atoms with Gasteiger partial charge in [0.25, 0.3) is 0 Å². The first kappa shape index (κ1) is 21.3. The van der Waals surface area contributed by atoms with Crippen LogP contribution >= 0.6 is 0 Å². The van der Waals surface area contributed by atoms with Crippen LogP contribution in [0.2, 0.25) is 0 Å². The van der Waals surface area contributed by atoms with Gasteiger partial charge in [-0.25, -0.2) is 4.79 Å². The van der Waals surface area contributed by atoms with Crippen molar-refractivity contribution in [2.24, 2.45) is 0 Å². The van der Waals surface area contributed by atoms with E-state index >= 15 is 0 Å². The number of rotatable bonds is 6. The van der Waals surface area contributed by atoms with Crippen molar-refractivity contribution in [2.45, 2.75) is 63.5 Å². The molecule has 0 bridgehead atoms. The average molecular weight is 404 g/mol. The predicted octanol–water partition coefficient (Wildman–Crippen LogP) is 2.87. The Morgan fingerprint density at radius 1 is 0.931 bits per heavy atom. The summed E-state index contributed by atoms with van der Waals surface area (Å²) in [6.45, 7) is 1.36. The molecule has 1 saturated carbocycles. The van der Waals surface area contributed by atoms with Crippen LogP contribution < -0.4 is 20.1 Å². The number of piperidine rings is 1. The highest BCUT2D eigenvalue weighted by molar-refractivity contribution is 5.79. The van der Waals surface area contributed by atoms with Crippen molar-refractivity contribution in [3.05, 3.63) is 23.8 Å². The van der Waals surface area contributed by atoms with Crippen molar-refractivity contribution in [1.82, 2.24) is 15.5 Å². The Bertz CT molecular complexity index is 695. The van der Waals surface area contributed by atoms with E-state index in [1.54, 1.807) is 14.2 Å². The van der Waals surface area contributed by atoms with Gasteiger partial charge in [0.1, 0.15) is 0 Å². The van der Waals surface area contributed by atoms with E-state index in [2.05, 4.69) is 10.6 Å². The molecule has 1 aromatic carbocycles. The Labute approximate surface area is 173 Å². The fourth-order valence-corrected chi connectivity index (χ4v) is 4.19. The molecule has 0 spiro atoms. The molecule has 0 atom stereocenters. The van der Waals surface area contributed by atoms with Gasteiger partial charge in [-0.3, -0.25) is 4.79 Å². The number of hydrogen-bond donors (Lipinski definition) is 2. The summed E-state index contributed by atoms with van der Waals surface area (Å²) in [6, 6.07) is 6.00. The van der Waals surface area contributed by atoms with E-state index in [0.717, 1.165) is 31.2 Å². The summed E-state index contributed by atoms with van der Waals surface area (Å²) in [5.74, 6) is 1.26. The number of carbonyl (C=O) groups is 2. The first-order valence-corrected chi connectivity index (χ1v) is 10.6. The smallest absolute Gasteiger partial charge is 0.317 e. The number of amides is 3. The molecule has 3 amide bonds. The van der Waals surface area contributed by atoms with Crippen LogP contribution in [-0.2, 0) is 11.2 Å². The van der Waals surface area contributed by atoms with E-state index in [0.29, 0.717) is 37.1 Å².